The molecule has 0 aliphatic carbocycles. The zero-order valence-electron chi connectivity index (χ0n) is 15.2. The molecule has 7 heteroatoms. The van der Waals surface area contributed by atoms with Crippen LogP contribution in [0.3, 0.4) is 0 Å². The maximum Gasteiger partial charge on any atom is 0.259 e. The van der Waals surface area contributed by atoms with Crippen LogP contribution in [-0.4, -0.2) is 32.2 Å². The van der Waals surface area contributed by atoms with Gasteiger partial charge < -0.3 is 5.32 Å². The van der Waals surface area contributed by atoms with Crippen LogP contribution in [0.15, 0.2) is 61.2 Å². The van der Waals surface area contributed by atoms with Gasteiger partial charge in [0.25, 0.3) is 5.91 Å². The Balaban J connectivity index is 1.39. The fourth-order valence-corrected chi connectivity index (χ4v) is 3.79. The number of amides is 2. The summed E-state index contributed by atoms with van der Waals surface area (Å²) in [6.07, 6.45) is 6.84. The Labute approximate surface area is 160 Å². The Hall–Kier alpha value is -3.74. The summed E-state index contributed by atoms with van der Waals surface area (Å²) in [4.78, 5) is 35.7. The van der Waals surface area contributed by atoms with Gasteiger partial charge in [0, 0.05) is 23.3 Å². The molecule has 5 rings (SSSR count). The summed E-state index contributed by atoms with van der Waals surface area (Å²) in [6, 6.07) is 10.8. The maximum absolute atomic E-state index is 13.0. The summed E-state index contributed by atoms with van der Waals surface area (Å²) in [7, 11) is 0. The van der Waals surface area contributed by atoms with Crippen molar-refractivity contribution in [2.24, 2.45) is 0 Å². The van der Waals surface area contributed by atoms with E-state index in [9.17, 15) is 9.59 Å². The molecular formula is C21H17N5O2. The minimum atomic E-state index is -0.633. The fourth-order valence-electron chi connectivity index (χ4n) is 3.79. The van der Waals surface area contributed by atoms with E-state index in [1.807, 2.05) is 40.8 Å². The highest BCUT2D eigenvalue weighted by atomic mass is 16.2. The van der Waals surface area contributed by atoms with Crippen molar-refractivity contribution in [2.75, 3.05) is 4.90 Å². The van der Waals surface area contributed by atoms with E-state index < -0.39 is 6.04 Å². The van der Waals surface area contributed by atoms with Crippen molar-refractivity contribution in [3.63, 3.8) is 0 Å². The second-order valence-corrected chi connectivity index (χ2v) is 6.80. The largest absolute Gasteiger partial charge is 0.349 e. The van der Waals surface area contributed by atoms with E-state index in [2.05, 4.69) is 15.3 Å². The number of imidazole rings is 1. The number of hydrogen-bond donors (Lipinski definition) is 1. The van der Waals surface area contributed by atoms with Gasteiger partial charge in [0.15, 0.2) is 5.65 Å². The molecule has 0 bridgehead atoms. The van der Waals surface area contributed by atoms with Crippen LogP contribution in [0.25, 0.3) is 16.4 Å². The van der Waals surface area contributed by atoms with Crippen LogP contribution in [0, 0.1) is 0 Å². The number of anilines is 1. The van der Waals surface area contributed by atoms with Crippen LogP contribution < -0.4 is 10.2 Å². The number of benzene rings is 2. The zero-order valence-corrected chi connectivity index (χ0v) is 15.2. The average Bonchev–Trinajstić information content (AvgIpc) is 3.26. The maximum atomic E-state index is 13.0. The minimum absolute atomic E-state index is 0.143. The first kappa shape index (κ1) is 16.4. The molecule has 0 fully saturated rings. The van der Waals surface area contributed by atoms with Crippen LogP contribution in [0.4, 0.5) is 5.69 Å². The van der Waals surface area contributed by atoms with Crippen molar-refractivity contribution >= 4 is 33.9 Å². The van der Waals surface area contributed by atoms with Gasteiger partial charge in [-0.1, -0.05) is 24.3 Å². The quantitative estimate of drug-likeness (QED) is 0.598. The highest BCUT2D eigenvalue weighted by Crippen LogP contribution is 2.38. The van der Waals surface area contributed by atoms with Gasteiger partial charge in [-0.15, -0.1) is 0 Å². The van der Waals surface area contributed by atoms with Crippen LogP contribution in [0.1, 0.15) is 23.0 Å². The lowest BCUT2D eigenvalue weighted by Crippen LogP contribution is -2.46. The number of hydrogen-bond acceptors (Lipinski definition) is 4. The molecule has 1 aliphatic heterocycles. The van der Waals surface area contributed by atoms with E-state index in [1.54, 1.807) is 36.6 Å². The van der Waals surface area contributed by atoms with Gasteiger partial charge in [-0.25, -0.2) is 4.98 Å². The molecule has 2 aromatic heterocycles. The second-order valence-electron chi connectivity index (χ2n) is 6.80. The van der Waals surface area contributed by atoms with Crippen LogP contribution >= 0.6 is 0 Å². The average molecular weight is 371 g/mol. The molecular weight excluding hydrogens is 354 g/mol. The number of nitrogens with one attached hydrogen (secondary N) is 1. The van der Waals surface area contributed by atoms with Crippen molar-refractivity contribution in [2.45, 2.75) is 19.5 Å². The molecule has 2 aromatic carbocycles. The number of nitrogens with zero attached hydrogens (tertiary/aromatic N) is 4. The highest BCUT2D eigenvalue weighted by molar-refractivity contribution is 6.26. The van der Waals surface area contributed by atoms with E-state index in [4.69, 9.17) is 0 Å². The molecule has 0 spiro atoms. The predicted molar refractivity (Wildman–Crippen MR) is 105 cm³/mol. The van der Waals surface area contributed by atoms with Gasteiger partial charge in [0.1, 0.15) is 6.04 Å². The lowest BCUT2D eigenvalue weighted by atomic mass is 10.1. The van der Waals surface area contributed by atoms with Gasteiger partial charge in [0.2, 0.25) is 5.91 Å². The lowest BCUT2D eigenvalue weighted by molar-refractivity contribution is -0.122. The molecule has 1 N–H and O–H groups in total. The lowest BCUT2D eigenvalue weighted by Gasteiger charge is -2.24. The molecule has 138 valence electrons. The van der Waals surface area contributed by atoms with Crippen molar-refractivity contribution in [3.8, 4) is 0 Å². The minimum Gasteiger partial charge on any atom is -0.349 e. The topological polar surface area (TPSA) is 79.6 Å². The van der Waals surface area contributed by atoms with Crippen LogP contribution in [-0.2, 0) is 11.3 Å². The zero-order chi connectivity index (χ0) is 19.3. The second kappa shape index (κ2) is 6.16. The third-order valence-electron chi connectivity index (χ3n) is 5.20. The van der Waals surface area contributed by atoms with Crippen LogP contribution in [0.2, 0.25) is 0 Å². The number of carbonyl (C=O) groups is 2. The van der Waals surface area contributed by atoms with Gasteiger partial charge in [0.05, 0.1) is 30.3 Å². The standard InChI is InChI=1S/C21H17N5O2/c1-13(20(27)24-11-15-10-23-18-12-22-8-9-25(15)18)26-17-7-3-5-14-4-2-6-16(19(14)17)21(26)28/h2-10,12-13H,11H2,1H3,(H,24,27)/t13-/m0/s1. The monoisotopic (exact) mass is 371 g/mol. The molecule has 7 nitrogen and oxygen atoms in total. The van der Waals surface area contributed by atoms with Crippen molar-refractivity contribution in [1.29, 1.82) is 0 Å². The Morgan fingerprint density at radius 1 is 1.18 bits per heavy atom. The van der Waals surface area contributed by atoms with Gasteiger partial charge in [-0.2, -0.15) is 0 Å². The van der Waals surface area contributed by atoms with E-state index in [0.29, 0.717) is 12.1 Å². The third kappa shape index (κ3) is 2.36. The van der Waals surface area contributed by atoms with Gasteiger partial charge >= 0.3 is 0 Å². The summed E-state index contributed by atoms with van der Waals surface area (Å²) in [6.45, 7) is 2.06. The summed E-state index contributed by atoms with van der Waals surface area (Å²) < 4.78 is 1.87. The fraction of sp³-hybridized carbons (Fsp3) is 0.143. The summed E-state index contributed by atoms with van der Waals surface area (Å²) in [5, 5.41) is 4.82. The Morgan fingerprint density at radius 3 is 2.86 bits per heavy atom. The molecule has 2 amide bonds. The van der Waals surface area contributed by atoms with Gasteiger partial charge in [-0.3, -0.25) is 23.9 Å². The van der Waals surface area contributed by atoms with E-state index in [-0.39, 0.29) is 11.8 Å². The van der Waals surface area contributed by atoms with Crippen molar-refractivity contribution in [3.05, 3.63) is 72.4 Å². The first-order chi connectivity index (χ1) is 13.6. The third-order valence-corrected chi connectivity index (χ3v) is 5.20. The molecule has 0 saturated carbocycles. The van der Waals surface area contributed by atoms with Crippen LogP contribution in [0.5, 0.6) is 0 Å². The Morgan fingerprint density at radius 2 is 2.00 bits per heavy atom. The predicted octanol–water partition coefficient (Wildman–Crippen LogP) is 2.55. The SMILES string of the molecule is C[C@@H](C(=O)NCc1cnc2cnccn12)N1C(=O)c2cccc3cccc1c23. The van der Waals surface area contributed by atoms with Gasteiger partial charge in [-0.05, 0) is 24.4 Å². The summed E-state index contributed by atoms with van der Waals surface area (Å²) >= 11 is 0. The first-order valence-electron chi connectivity index (χ1n) is 9.04. The summed E-state index contributed by atoms with van der Waals surface area (Å²) in [5.41, 5.74) is 2.98. The molecule has 1 aliphatic rings. The van der Waals surface area contributed by atoms with E-state index in [0.717, 1.165) is 27.8 Å². The molecule has 28 heavy (non-hydrogen) atoms. The van der Waals surface area contributed by atoms with E-state index in [1.165, 1.54) is 0 Å². The smallest absolute Gasteiger partial charge is 0.259 e. The van der Waals surface area contributed by atoms with Crippen molar-refractivity contribution in [1.82, 2.24) is 19.7 Å². The molecule has 3 heterocycles. The first-order valence-corrected chi connectivity index (χ1v) is 9.04. The number of fused-ring (bicyclic) bond motifs is 1. The van der Waals surface area contributed by atoms with Crippen molar-refractivity contribution < 1.29 is 9.59 Å². The number of aromatic nitrogens is 3. The summed E-state index contributed by atoms with van der Waals surface area (Å²) in [5.74, 6) is -0.363. The van der Waals surface area contributed by atoms with E-state index >= 15 is 0 Å². The Kier molecular flexibility index (Phi) is 3.61. The number of rotatable bonds is 4. The molecule has 0 saturated heterocycles. The molecule has 1 atom stereocenters. The molecule has 0 unspecified atom stereocenters. The number of carbonyl (C=O) groups excluding carboxylic acids is 2. The highest BCUT2D eigenvalue weighted by Gasteiger charge is 2.35. The molecule has 4 aromatic rings. The molecule has 0 radical (unpaired) electrons. The Bertz CT molecular complexity index is 1240. The normalized spacial score (nSPS) is 14.0.